The molecule has 0 atom stereocenters. The predicted molar refractivity (Wildman–Crippen MR) is 77.8 cm³/mol. The van der Waals surface area contributed by atoms with Gasteiger partial charge in [0.25, 0.3) is 5.91 Å². The Morgan fingerprint density at radius 3 is 2.85 bits per heavy atom. The fourth-order valence-electron chi connectivity index (χ4n) is 2.21. The summed E-state index contributed by atoms with van der Waals surface area (Å²) in [6.45, 7) is 0. The quantitative estimate of drug-likeness (QED) is 0.684. The van der Waals surface area contributed by atoms with Crippen molar-refractivity contribution in [2.24, 2.45) is 5.10 Å². The number of amides is 1. The van der Waals surface area contributed by atoms with Gasteiger partial charge in [0.05, 0.1) is 11.1 Å². The van der Waals surface area contributed by atoms with Crippen molar-refractivity contribution in [1.29, 1.82) is 0 Å². The molecule has 1 aliphatic rings. The van der Waals surface area contributed by atoms with E-state index >= 15 is 0 Å². The van der Waals surface area contributed by atoms with Crippen molar-refractivity contribution >= 4 is 23.5 Å². The predicted octanol–water partition coefficient (Wildman–Crippen LogP) is 3.14. The van der Waals surface area contributed by atoms with E-state index in [0.717, 1.165) is 18.4 Å². The molecule has 3 rings (SSSR count). The van der Waals surface area contributed by atoms with Crippen LogP contribution < -0.4 is 5.43 Å². The topological polar surface area (TPSA) is 41.5 Å². The van der Waals surface area contributed by atoms with Crippen molar-refractivity contribution in [3.8, 4) is 0 Å². The minimum atomic E-state index is -0.292. The van der Waals surface area contributed by atoms with Gasteiger partial charge in [0.15, 0.2) is 0 Å². The first-order valence-corrected chi connectivity index (χ1v) is 7.24. The van der Waals surface area contributed by atoms with E-state index in [-0.39, 0.29) is 11.7 Å². The number of rotatable bonds is 3. The number of nitrogens with zero attached hydrogens (tertiary/aromatic N) is 1. The van der Waals surface area contributed by atoms with Crippen molar-refractivity contribution in [2.75, 3.05) is 0 Å². The summed E-state index contributed by atoms with van der Waals surface area (Å²) >= 11 is 1.54. The molecule has 2 aromatic rings. The average Bonchev–Trinajstić information content (AvgIpc) is 3.02. The summed E-state index contributed by atoms with van der Waals surface area (Å²) in [7, 11) is 0. The minimum absolute atomic E-state index is 0.192. The molecule has 0 spiro atoms. The molecule has 3 nitrogen and oxygen atoms in total. The normalized spacial score (nSPS) is 13.7. The van der Waals surface area contributed by atoms with E-state index < -0.39 is 0 Å². The third-order valence-corrected chi connectivity index (χ3v) is 4.46. The van der Waals surface area contributed by atoms with Crippen molar-refractivity contribution in [1.82, 2.24) is 5.43 Å². The summed E-state index contributed by atoms with van der Waals surface area (Å²) in [5, 5.41) is 3.89. The number of fused-ring (bicyclic) bond motifs is 1. The summed E-state index contributed by atoms with van der Waals surface area (Å²) in [6, 6.07) is 7.87. The Hall–Kier alpha value is -2.01. The molecule has 1 N–H and O–H groups in total. The van der Waals surface area contributed by atoms with Gasteiger partial charge in [-0.3, -0.25) is 4.79 Å². The first kappa shape index (κ1) is 13.0. The van der Waals surface area contributed by atoms with E-state index in [1.54, 1.807) is 23.5 Å². The van der Waals surface area contributed by atoms with Crippen LogP contribution in [0.1, 0.15) is 32.1 Å². The Bertz CT molecular complexity index is 640. The van der Waals surface area contributed by atoms with E-state index in [9.17, 15) is 9.18 Å². The minimum Gasteiger partial charge on any atom is -0.266 e. The van der Waals surface area contributed by atoms with E-state index in [0.29, 0.717) is 4.88 Å². The van der Waals surface area contributed by atoms with Gasteiger partial charge in [-0.25, -0.2) is 9.82 Å². The Labute approximate surface area is 120 Å². The van der Waals surface area contributed by atoms with Crippen LogP contribution in [0.25, 0.3) is 0 Å². The van der Waals surface area contributed by atoms with Crippen molar-refractivity contribution < 1.29 is 9.18 Å². The molecule has 0 radical (unpaired) electrons. The Morgan fingerprint density at radius 1 is 1.30 bits per heavy atom. The van der Waals surface area contributed by atoms with E-state index in [1.165, 1.54) is 35.2 Å². The van der Waals surface area contributed by atoms with Crippen LogP contribution in [0.3, 0.4) is 0 Å². The molecule has 102 valence electrons. The summed E-state index contributed by atoms with van der Waals surface area (Å²) in [5.74, 6) is -0.484. The number of benzene rings is 1. The molecular formula is C15H13FN2OS. The molecule has 0 fully saturated rings. The molecule has 0 saturated carbocycles. The lowest BCUT2D eigenvalue weighted by molar-refractivity contribution is 0.0959. The second-order valence-electron chi connectivity index (χ2n) is 4.66. The summed E-state index contributed by atoms with van der Waals surface area (Å²) in [4.78, 5) is 13.9. The Kier molecular flexibility index (Phi) is 3.60. The van der Waals surface area contributed by atoms with Crippen LogP contribution in [0, 0.1) is 5.82 Å². The van der Waals surface area contributed by atoms with Gasteiger partial charge in [-0.2, -0.15) is 5.10 Å². The highest BCUT2D eigenvalue weighted by Crippen LogP contribution is 2.30. The molecular weight excluding hydrogens is 275 g/mol. The molecule has 1 aromatic heterocycles. The largest absolute Gasteiger partial charge is 0.281 e. The number of carbonyl (C=O) groups is 1. The van der Waals surface area contributed by atoms with Crippen molar-refractivity contribution in [2.45, 2.75) is 19.3 Å². The number of carbonyl (C=O) groups excluding carboxylic acids is 1. The zero-order valence-corrected chi connectivity index (χ0v) is 11.5. The molecule has 0 unspecified atom stereocenters. The lowest BCUT2D eigenvalue weighted by Gasteiger charge is -1.96. The number of nitrogens with one attached hydrogen (secondary N) is 1. The third kappa shape index (κ3) is 2.77. The van der Waals surface area contributed by atoms with E-state index in [1.807, 2.05) is 6.07 Å². The molecule has 0 bridgehead atoms. The second kappa shape index (κ2) is 5.54. The van der Waals surface area contributed by atoms with Crippen LogP contribution in [-0.2, 0) is 12.8 Å². The maximum absolute atomic E-state index is 12.7. The van der Waals surface area contributed by atoms with E-state index in [2.05, 4.69) is 10.5 Å². The van der Waals surface area contributed by atoms with Crippen LogP contribution in [0.4, 0.5) is 4.39 Å². The van der Waals surface area contributed by atoms with Crippen molar-refractivity contribution in [3.05, 3.63) is 57.0 Å². The van der Waals surface area contributed by atoms with Gasteiger partial charge in [0.1, 0.15) is 5.82 Å². The van der Waals surface area contributed by atoms with Gasteiger partial charge in [-0.05, 0) is 48.6 Å². The number of aryl methyl sites for hydroxylation is 2. The molecule has 1 heterocycles. The lowest BCUT2D eigenvalue weighted by atomic mass is 10.2. The molecule has 1 aliphatic carbocycles. The van der Waals surface area contributed by atoms with Gasteiger partial charge >= 0.3 is 0 Å². The van der Waals surface area contributed by atoms with Gasteiger partial charge in [-0.15, -0.1) is 11.3 Å². The van der Waals surface area contributed by atoms with E-state index in [4.69, 9.17) is 0 Å². The Balaban J connectivity index is 1.62. The number of hydrazone groups is 1. The maximum atomic E-state index is 12.7. The first-order valence-electron chi connectivity index (χ1n) is 6.43. The number of thiophene rings is 1. The number of halogens is 1. The van der Waals surface area contributed by atoms with Crippen LogP contribution in [0.2, 0.25) is 0 Å². The molecule has 20 heavy (non-hydrogen) atoms. The fraction of sp³-hybridized carbons (Fsp3) is 0.200. The fourth-order valence-corrected chi connectivity index (χ4v) is 3.35. The monoisotopic (exact) mass is 288 g/mol. The maximum Gasteiger partial charge on any atom is 0.281 e. The molecule has 0 aliphatic heterocycles. The Morgan fingerprint density at radius 2 is 2.10 bits per heavy atom. The SMILES string of the molecule is O=C(N/N=C\c1ccc(F)cc1)c1cc2c(s1)CCC2. The standard InChI is InChI=1S/C15H13FN2OS/c16-12-6-4-10(5-7-12)9-17-18-15(19)14-8-11-2-1-3-13(11)20-14/h4-9H,1-3H2,(H,18,19)/b17-9-. The van der Waals surface area contributed by atoms with Crippen LogP contribution in [0.5, 0.6) is 0 Å². The van der Waals surface area contributed by atoms with Gasteiger partial charge < -0.3 is 0 Å². The second-order valence-corrected chi connectivity index (χ2v) is 5.80. The van der Waals surface area contributed by atoms with Crippen molar-refractivity contribution in [3.63, 3.8) is 0 Å². The number of hydrogen-bond acceptors (Lipinski definition) is 3. The van der Waals surface area contributed by atoms with Crippen LogP contribution >= 0.6 is 11.3 Å². The lowest BCUT2D eigenvalue weighted by Crippen LogP contribution is -2.16. The molecule has 0 saturated heterocycles. The van der Waals surface area contributed by atoms with Crippen LogP contribution in [-0.4, -0.2) is 12.1 Å². The highest BCUT2D eigenvalue weighted by Gasteiger charge is 2.17. The molecule has 1 aromatic carbocycles. The zero-order valence-electron chi connectivity index (χ0n) is 10.7. The third-order valence-electron chi connectivity index (χ3n) is 3.22. The highest BCUT2D eigenvalue weighted by molar-refractivity contribution is 7.14. The molecule has 1 amide bonds. The number of hydrogen-bond donors (Lipinski definition) is 1. The highest BCUT2D eigenvalue weighted by atomic mass is 32.1. The summed E-state index contributed by atoms with van der Waals surface area (Å²) in [6.07, 6.45) is 4.83. The summed E-state index contributed by atoms with van der Waals surface area (Å²) in [5.41, 5.74) is 4.53. The average molecular weight is 288 g/mol. The van der Waals surface area contributed by atoms with Gasteiger partial charge in [0.2, 0.25) is 0 Å². The zero-order chi connectivity index (χ0) is 13.9. The van der Waals surface area contributed by atoms with Gasteiger partial charge in [-0.1, -0.05) is 12.1 Å². The first-order chi connectivity index (χ1) is 9.72. The summed E-state index contributed by atoms with van der Waals surface area (Å²) < 4.78 is 12.7. The molecule has 5 heteroatoms. The smallest absolute Gasteiger partial charge is 0.266 e. The van der Waals surface area contributed by atoms with Crippen LogP contribution in [0.15, 0.2) is 35.4 Å². The van der Waals surface area contributed by atoms with Gasteiger partial charge in [0, 0.05) is 4.88 Å².